The highest BCUT2D eigenvalue weighted by Gasteiger charge is 2.37. The van der Waals surface area contributed by atoms with Gasteiger partial charge >= 0.3 is 0 Å². The number of nitrogens with zero attached hydrogens (tertiary/aromatic N) is 2. The zero-order chi connectivity index (χ0) is 14.9. The fourth-order valence-electron chi connectivity index (χ4n) is 2.27. The van der Waals surface area contributed by atoms with E-state index in [0.717, 1.165) is 24.9 Å². The number of nitrogens with one attached hydrogen (secondary N) is 1. The van der Waals surface area contributed by atoms with Gasteiger partial charge in [0.1, 0.15) is 0 Å². The van der Waals surface area contributed by atoms with Crippen LogP contribution in [0.4, 0.5) is 0 Å². The average Bonchev–Trinajstić information content (AvgIpc) is 3.37. The van der Waals surface area contributed by atoms with E-state index in [0.29, 0.717) is 12.6 Å². The van der Waals surface area contributed by atoms with Gasteiger partial charge in [0.25, 0.3) is 10.0 Å². The van der Waals surface area contributed by atoms with Gasteiger partial charge in [0, 0.05) is 31.4 Å². The number of pyridine rings is 1. The van der Waals surface area contributed by atoms with Crippen molar-refractivity contribution < 1.29 is 8.42 Å². The SMILES string of the molecule is C=CCN(C1CC1)S(=O)(=O)c1ccc(CNC2CC2)cn1. The molecule has 6 heteroatoms. The molecule has 2 aliphatic rings. The van der Waals surface area contributed by atoms with E-state index in [1.54, 1.807) is 18.3 Å². The van der Waals surface area contributed by atoms with Crippen LogP contribution in [0.2, 0.25) is 0 Å². The minimum Gasteiger partial charge on any atom is -0.310 e. The van der Waals surface area contributed by atoms with Gasteiger partial charge in [0.05, 0.1) is 0 Å². The molecular weight excluding hydrogens is 286 g/mol. The molecule has 0 aliphatic heterocycles. The Hall–Kier alpha value is -1.24. The summed E-state index contributed by atoms with van der Waals surface area (Å²) in [5.41, 5.74) is 1.02. The summed E-state index contributed by atoms with van der Waals surface area (Å²) >= 11 is 0. The van der Waals surface area contributed by atoms with Crippen molar-refractivity contribution in [2.24, 2.45) is 0 Å². The normalized spacial score (nSPS) is 18.9. The monoisotopic (exact) mass is 307 g/mol. The van der Waals surface area contributed by atoms with Crippen LogP contribution in [0.25, 0.3) is 0 Å². The molecule has 0 unspecified atom stereocenters. The lowest BCUT2D eigenvalue weighted by atomic mass is 10.3. The zero-order valence-corrected chi connectivity index (χ0v) is 12.8. The molecular formula is C15H21N3O2S. The van der Waals surface area contributed by atoms with Gasteiger partial charge in [-0.15, -0.1) is 6.58 Å². The Labute approximate surface area is 126 Å². The molecule has 1 heterocycles. The molecule has 1 aromatic rings. The van der Waals surface area contributed by atoms with Crippen molar-refractivity contribution in [2.45, 2.75) is 49.3 Å². The average molecular weight is 307 g/mol. The van der Waals surface area contributed by atoms with Gasteiger partial charge in [0.2, 0.25) is 0 Å². The van der Waals surface area contributed by atoms with Gasteiger partial charge in [0.15, 0.2) is 5.03 Å². The van der Waals surface area contributed by atoms with Crippen molar-refractivity contribution in [3.63, 3.8) is 0 Å². The van der Waals surface area contributed by atoms with Gasteiger partial charge < -0.3 is 5.32 Å². The van der Waals surface area contributed by atoms with E-state index in [1.165, 1.54) is 17.1 Å². The molecule has 3 rings (SSSR count). The van der Waals surface area contributed by atoms with Crippen molar-refractivity contribution >= 4 is 10.0 Å². The molecule has 0 aromatic carbocycles. The Morgan fingerprint density at radius 1 is 1.33 bits per heavy atom. The van der Waals surface area contributed by atoms with Gasteiger partial charge in [-0.1, -0.05) is 12.1 Å². The summed E-state index contributed by atoms with van der Waals surface area (Å²) in [5.74, 6) is 0. The molecule has 0 amide bonds. The highest BCUT2D eigenvalue weighted by molar-refractivity contribution is 7.89. The largest absolute Gasteiger partial charge is 0.310 e. The lowest BCUT2D eigenvalue weighted by Crippen LogP contribution is -2.33. The summed E-state index contributed by atoms with van der Waals surface area (Å²) in [7, 11) is -3.51. The molecule has 2 fully saturated rings. The summed E-state index contributed by atoms with van der Waals surface area (Å²) < 4.78 is 26.7. The van der Waals surface area contributed by atoms with E-state index in [2.05, 4.69) is 16.9 Å². The molecule has 1 aromatic heterocycles. The molecule has 0 spiro atoms. The van der Waals surface area contributed by atoms with Gasteiger partial charge in [-0.3, -0.25) is 0 Å². The number of sulfonamides is 1. The fraction of sp³-hybridized carbons (Fsp3) is 0.533. The van der Waals surface area contributed by atoms with E-state index in [1.807, 2.05) is 6.07 Å². The first-order valence-electron chi connectivity index (χ1n) is 7.42. The van der Waals surface area contributed by atoms with Gasteiger partial charge in [-0.2, -0.15) is 4.31 Å². The van der Waals surface area contributed by atoms with Crippen LogP contribution in [0.15, 0.2) is 36.0 Å². The molecule has 2 saturated carbocycles. The second-order valence-corrected chi connectivity index (χ2v) is 7.59. The Morgan fingerprint density at radius 2 is 2.10 bits per heavy atom. The molecule has 0 radical (unpaired) electrons. The third kappa shape index (κ3) is 3.51. The number of rotatable bonds is 8. The summed E-state index contributed by atoms with van der Waals surface area (Å²) in [6.07, 6.45) is 7.60. The molecule has 2 aliphatic carbocycles. The minimum absolute atomic E-state index is 0.117. The summed E-state index contributed by atoms with van der Waals surface area (Å²) in [4.78, 5) is 4.16. The van der Waals surface area contributed by atoms with Gasteiger partial charge in [-0.25, -0.2) is 13.4 Å². The van der Waals surface area contributed by atoms with Crippen LogP contribution in [0.5, 0.6) is 0 Å². The predicted octanol–water partition coefficient (Wildman–Crippen LogP) is 1.67. The van der Waals surface area contributed by atoms with Crippen LogP contribution in [-0.2, 0) is 16.6 Å². The molecule has 5 nitrogen and oxygen atoms in total. The lowest BCUT2D eigenvalue weighted by Gasteiger charge is -2.19. The molecule has 0 atom stereocenters. The Balaban J connectivity index is 1.72. The quantitative estimate of drug-likeness (QED) is 0.742. The molecule has 0 saturated heterocycles. The summed E-state index contributed by atoms with van der Waals surface area (Å²) in [5, 5.41) is 3.52. The second-order valence-electron chi connectivity index (χ2n) is 5.75. The van der Waals surface area contributed by atoms with Crippen LogP contribution < -0.4 is 5.32 Å². The standard InChI is InChI=1S/C15H21N3O2S/c1-2-9-18(14-6-7-14)21(19,20)15-8-3-12(11-17-15)10-16-13-4-5-13/h2-3,8,11,13-14,16H,1,4-7,9-10H2. The minimum atomic E-state index is -3.51. The van der Waals surface area contributed by atoms with Crippen molar-refractivity contribution in [2.75, 3.05) is 6.54 Å². The van der Waals surface area contributed by atoms with Crippen molar-refractivity contribution in [3.05, 3.63) is 36.5 Å². The topological polar surface area (TPSA) is 62.3 Å². The zero-order valence-electron chi connectivity index (χ0n) is 12.0. The first kappa shape index (κ1) is 14.7. The van der Waals surface area contributed by atoms with Crippen LogP contribution in [0, 0.1) is 0 Å². The molecule has 1 N–H and O–H groups in total. The number of aromatic nitrogens is 1. The molecule has 21 heavy (non-hydrogen) atoms. The van der Waals surface area contributed by atoms with Crippen molar-refractivity contribution in [3.8, 4) is 0 Å². The first-order chi connectivity index (χ1) is 10.1. The second kappa shape index (κ2) is 5.87. The number of hydrogen-bond donors (Lipinski definition) is 1. The van der Waals surface area contributed by atoms with E-state index in [9.17, 15) is 8.42 Å². The van der Waals surface area contributed by atoms with Crippen LogP contribution in [0.3, 0.4) is 0 Å². The van der Waals surface area contributed by atoms with Crippen molar-refractivity contribution in [1.29, 1.82) is 0 Å². The van der Waals surface area contributed by atoms with Crippen molar-refractivity contribution in [1.82, 2.24) is 14.6 Å². The lowest BCUT2D eigenvalue weighted by molar-refractivity contribution is 0.433. The third-order valence-electron chi connectivity index (χ3n) is 3.81. The Bertz CT molecular complexity index is 604. The van der Waals surface area contributed by atoms with Crippen LogP contribution in [-0.4, -0.2) is 36.3 Å². The maximum absolute atomic E-state index is 12.6. The summed E-state index contributed by atoms with van der Waals surface area (Å²) in [6.45, 7) is 4.74. The predicted molar refractivity (Wildman–Crippen MR) is 81.2 cm³/mol. The van der Waals surface area contributed by atoms with E-state index in [4.69, 9.17) is 0 Å². The molecule has 114 valence electrons. The maximum Gasteiger partial charge on any atom is 0.261 e. The van der Waals surface area contributed by atoms with E-state index < -0.39 is 10.0 Å². The smallest absolute Gasteiger partial charge is 0.261 e. The Kier molecular flexibility index (Phi) is 4.10. The van der Waals surface area contributed by atoms with E-state index >= 15 is 0 Å². The van der Waals surface area contributed by atoms with Crippen LogP contribution in [0.1, 0.15) is 31.2 Å². The van der Waals surface area contributed by atoms with Gasteiger partial charge in [-0.05, 0) is 37.3 Å². The third-order valence-corrected chi connectivity index (χ3v) is 5.64. The fourth-order valence-corrected chi connectivity index (χ4v) is 3.84. The van der Waals surface area contributed by atoms with Crippen LogP contribution >= 0.6 is 0 Å². The number of hydrogen-bond acceptors (Lipinski definition) is 4. The summed E-state index contributed by atoms with van der Waals surface area (Å²) in [6, 6.07) is 4.20. The maximum atomic E-state index is 12.6. The molecule has 0 bridgehead atoms. The highest BCUT2D eigenvalue weighted by atomic mass is 32.2. The first-order valence-corrected chi connectivity index (χ1v) is 8.86. The van der Waals surface area contributed by atoms with E-state index in [-0.39, 0.29) is 11.1 Å². The Morgan fingerprint density at radius 3 is 2.62 bits per heavy atom. The highest BCUT2D eigenvalue weighted by Crippen LogP contribution is 2.31.